The molecule has 0 aromatic heterocycles. The number of fused-ring (bicyclic) bond motifs is 1. The third-order valence-electron chi connectivity index (χ3n) is 2.92. The topological polar surface area (TPSA) is 20.3 Å². The van der Waals surface area contributed by atoms with E-state index in [1.165, 1.54) is 11.0 Å². The van der Waals surface area contributed by atoms with Crippen LogP contribution in [0.5, 0.6) is 0 Å². The highest BCUT2D eigenvalue weighted by molar-refractivity contribution is 9.10. The number of anilines is 1. The molecule has 0 bridgehead atoms. The van der Waals surface area contributed by atoms with Gasteiger partial charge in [0.2, 0.25) is 5.91 Å². The summed E-state index contributed by atoms with van der Waals surface area (Å²) in [6.07, 6.45) is 0. The van der Waals surface area contributed by atoms with Crippen LogP contribution in [0.1, 0.15) is 19.4 Å². The van der Waals surface area contributed by atoms with Crippen molar-refractivity contribution in [1.29, 1.82) is 0 Å². The Morgan fingerprint density at radius 2 is 2.00 bits per heavy atom. The zero-order valence-corrected chi connectivity index (χ0v) is 10.4. The molecule has 1 heterocycles. The Hall–Kier alpha value is -0.900. The molecule has 0 saturated carbocycles. The summed E-state index contributed by atoms with van der Waals surface area (Å²) in [7, 11) is 1.67. The Bertz CT molecular complexity index is 456. The monoisotopic (exact) mass is 271 g/mol. The van der Waals surface area contributed by atoms with Gasteiger partial charge in [0.25, 0.3) is 0 Å². The van der Waals surface area contributed by atoms with E-state index in [9.17, 15) is 9.18 Å². The van der Waals surface area contributed by atoms with E-state index in [2.05, 4.69) is 15.9 Å². The van der Waals surface area contributed by atoms with Crippen LogP contribution in [0, 0.1) is 5.82 Å². The number of benzene rings is 1. The van der Waals surface area contributed by atoms with E-state index < -0.39 is 5.41 Å². The fraction of sp³-hybridized carbons (Fsp3) is 0.364. The van der Waals surface area contributed by atoms with Crippen molar-refractivity contribution in [3.63, 3.8) is 0 Å². The average Bonchev–Trinajstić information content (AvgIpc) is 2.34. The first-order chi connectivity index (χ1) is 6.87. The lowest BCUT2D eigenvalue weighted by Gasteiger charge is -2.16. The predicted molar refractivity (Wildman–Crippen MR) is 60.5 cm³/mol. The summed E-state index contributed by atoms with van der Waals surface area (Å²) >= 11 is 3.18. The number of amides is 1. The van der Waals surface area contributed by atoms with Crippen LogP contribution in [0.3, 0.4) is 0 Å². The van der Waals surface area contributed by atoms with Gasteiger partial charge in [0.15, 0.2) is 0 Å². The van der Waals surface area contributed by atoms with Gasteiger partial charge in [-0.25, -0.2) is 4.39 Å². The highest BCUT2D eigenvalue weighted by Gasteiger charge is 2.43. The molecule has 1 aromatic rings. The molecule has 1 aromatic carbocycles. The maximum absolute atomic E-state index is 13.3. The third-order valence-corrected chi connectivity index (χ3v) is 3.67. The predicted octanol–water partition coefficient (Wildman–Crippen LogP) is 2.84. The van der Waals surface area contributed by atoms with Crippen molar-refractivity contribution >= 4 is 27.5 Å². The Morgan fingerprint density at radius 3 is 2.60 bits per heavy atom. The van der Waals surface area contributed by atoms with Crippen LogP contribution in [0.15, 0.2) is 16.6 Å². The summed E-state index contributed by atoms with van der Waals surface area (Å²) in [5.74, 6) is -0.352. The van der Waals surface area contributed by atoms with E-state index in [-0.39, 0.29) is 11.7 Å². The lowest BCUT2D eigenvalue weighted by atomic mass is 9.86. The van der Waals surface area contributed by atoms with Crippen LogP contribution in [-0.2, 0) is 10.2 Å². The standard InChI is InChI=1S/C11H11BrFNO/c1-11(2)6-4-5-7(13)8(12)9(6)14(3)10(11)15/h4-5H,1-3H3. The van der Waals surface area contributed by atoms with Gasteiger partial charge in [-0.3, -0.25) is 4.79 Å². The molecule has 0 N–H and O–H groups in total. The number of halogens is 2. The van der Waals surface area contributed by atoms with Gasteiger partial charge in [-0.2, -0.15) is 0 Å². The smallest absolute Gasteiger partial charge is 0.236 e. The van der Waals surface area contributed by atoms with Gasteiger partial charge < -0.3 is 4.90 Å². The van der Waals surface area contributed by atoms with Crippen LogP contribution in [0.2, 0.25) is 0 Å². The number of likely N-dealkylation sites (N-methyl/N-ethyl adjacent to an activating group) is 1. The average molecular weight is 272 g/mol. The Kier molecular flexibility index (Phi) is 2.15. The second-order valence-corrected chi connectivity index (χ2v) is 5.04. The highest BCUT2D eigenvalue weighted by atomic mass is 79.9. The summed E-state index contributed by atoms with van der Waals surface area (Å²) < 4.78 is 13.7. The summed E-state index contributed by atoms with van der Waals surface area (Å²) in [6, 6.07) is 3.06. The van der Waals surface area contributed by atoms with Crippen LogP contribution in [0.4, 0.5) is 10.1 Å². The zero-order chi connectivity index (χ0) is 11.4. The van der Waals surface area contributed by atoms with Crippen LogP contribution in [-0.4, -0.2) is 13.0 Å². The van der Waals surface area contributed by atoms with E-state index in [1.807, 2.05) is 13.8 Å². The van der Waals surface area contributed by atoms with Crippen molar-refractivity contribution in [2.75, 3.05) is 11.9 Å². The first kappa shape index (κ1) is 10.6. The molecular formula is C11H11BrFNO. The van der Waals surface area contributed by atoms with Crippen molar-refractivity contribution in [1.82, 2.24) is 0 Å². The first-order valence-corrected chi connectivity index (χ1v) is 5.43. The van der Waals surface area contributed by atoms with E-state index in [0.717, 1.165) is 5.56 Å². The zero-order valence-electron chi connectivity index (χ0n) is 8.77. The molecule has 0 spiro atoms. The number of rotatable bonds is 0. The summed E-state index contributed by atoms with van der Waals surface area (Å²) in [5, 5.41) is 0. The van der Waals surface area contributed by atoms with Gasteiger partial charge in [-0.05, 0) is 41.4 Å². The number of hydrogen-bond donors (Lipinski definition) is 0. The number of carbonyl (C=O) groups excluding carboxylic acids is 1. The van der Waals surface area contributed by atoms with Crippen LogP contribution >= 0.6 is 15.9 Å². The lowest BCUT2D eigenvalue weighted by Crippen LogP contribution is -2.33. The molecule has 0 fully saturated rings. The molecule has 2 rings (SSSR count). The number of nitrogens with zero attached hydrogens (tertiary/aromatic N) is 1. The van der Waals surface area contributed by atoms with Gasteiger partial charge in [-0.15, -0.1) is 0 Å². The molecule has 4 heteroatoms. The van der Waals surface area contributed by atoms with Crippen molar-refractivity contribution in [3.05, 3.63) is 28.0 Å². The van der Waals surface area contributed by atoms with Crippen LogP contribution in [0.25, 0.3) is 0 Å². The molecule has 0 radical (unpaired) electrons. The SMILES string of the molecule is CN1C(=O)C(C)(C)c2ccc(F)c(Br)c21. The van der Waals surface area contributed by atoms with E-state index >= 15 is 0 Å². The van der Waals surface area contributed by atoms with Crippen LogP contribution < -0.4 is 4.90 Å². The van der Waals surface area contributed by atoms with Gasteiger partial charge in [-0.1, -0.05) is 6.07 Å². The van der Waals surface area contributed by atoms with Gasteiger partial charge in [0, 0.05) is 7.05 Å². The quantitative estimate of drug-likeness (QED) is 0.711. The fourth-order valence-electron chi connectivity index (χ4n) is 2.01. The second kappa shape index (κ2) is 3.04. The molecule has 0 aliphatic carbocycles. The minimum Gasteiger partial charge on any atom is -0.313 e. The molecule has 0 atom stereocenters. The molecule has 0 unspecified atom stereocenters. The Labute approximate surface area is 96.2 Å². The van der Waals surface area contributed by atoms with Crippen molar-refractivity contribution in [2.45, 2.75) is 19.3 Å². The molecule has 80 valence electrons. The van der Waals surface area contributed by atoms with Gasteiger partial charge >= 0.3 is 0 Å². The lowest BCUT2D eigenvalue weighted by molar-refractivity contribution is -0.121. The minimum atomic E-state index is -0.569. The molecule has 0 saturated heterocycles. The first-order valence-electron chi connectivity index (χ1n) is 4.64. The molecule has 2 nitrogen and oxygen atoms in total. The molecule has 1 amide bonds. The largest absolute Gasteiger partial charge is 0.313 e. The molecule has 1 aliphatic rings. The van der Waals surface area contributed by atoms with Crippen molar-refractivity contribution in [2.24, 2.45) is 0 Å². The molecule has 1 aliphatic heterocycles. The number of hydrogen-bond acceptors (Lipinski definition) is 1. The van der Waals surface area contributed by atoms with Gasteiger partial charge in [0.05, 0.1) is 15.6 Å². The minimum absolute atomic E-state index is 0.0104. The van der Waals surface area contributed by atoms with Crippen molar-refractivity contribution < 1.29 is 9.18 Å². The maximum atomic E-state index is 13.3. The van der Waals surface area contributed by atoms with E-state index in [1.54, 1.807) is 13.1 Å². The van der Waals surface area contributed by atoms with E-state index in [0.29, 0.717) is 10.2 Å². The number of carbonyl (C=O) groups is 1. The normalized spacial score (nSPS) is 18.2. The maximum Gasteiger partial charge on any atom is 0.236 e. The summed E-state index contributed by atoms with van der Waals surface area (Å²) in [5.41, 5.74) is 0.939. The van der Waals surface area contributed by atoms with Gasteiger partial charge in [0.1, 0.15) is 5.82 Å². The molecular weight excluding hydrogens is 261 g/mol. The summed E-state index contributed by atoms with van der Waals surface area (Å²) in [4.78, 5) is 13.4. The highest BCUT2D eigenvalue weighted by Crippen LogP contribution is 2.45. The third kappa shape index (κ3) is 1.24. The fourth-order valence-corrected chi connectivity index (χ4v) is 2.62. The van der Waals surface area contributed by atoms with E-state index in [4.69, 9.17) is 0 Å². The molecule has 15 heavy (non-hydrogen) atoms. The Morgan fingerprint density at radius 1 is 1.40 bits per heavy atom. The summed E-state index contributed by atoms with van der Waals surface area (Å²) in [6.45, 7) is 3.70. The second-order valence-electron chi connectivity index (χ2n) is 4.25. The Balaban J connectivity index is 2.77. The van der Waals surface area contributed by atoms with Crippen molar-refractivity contribution in [3.8, 4) is 0 Å².